The van der Waals surface area contributed by atoms with Crippen LogP contribution in [-0.2, 0) is 6.54 Å². The summed E-state index contributed by atoms with van der Waals surface area (Å²) >= 11 is 0. The van der Waals surface area contributed by atoms with Crippen LogP contribution in [0.2, 0.25) is 0 Å². The van der Waals surface area contributed by atoms with Crippen molar-refractivity contribution in [2.45, 2.75) is 38.8 Å². The predicted octanol–water partition coefficient (Wildman–Crippen LogP) is 4.24. The normalized spacial score (nSPS) is 16.0. The second-order valence-electron chi connectivity index (χ2n) is 7.52. The van der Waals surface area contributed by atoms with Crippen molar-refractivity contribution in [2.75, 3.05) is 18.9 Å². The predicted molar refractivity (Wildman–Crippen MR) is 112 cm³/mol. The van der Waals surface area contributed by atoms with Crippen LogP contribution in [0.15, 0.2) is 48.5 Å². The number of carbonyl (C=O) groups excluding carboxylic acids is 2. The number of carbonyl (C=O) groups is 2. The number of nitrogens with zero attached hydrogens (tertiary/aromatic N) is 3. The van der Waals surface area contributed by atoms with Gasteiger partial charge in [-0.3, -0.25) is 4.79 Å². The number of benzene rings is 2. The highest BCUT2D eigenvalue weighted by Crippen LogP contribution is 2.20. The lowest BCUT2D eigenvalue weighted by Gasteiger charge is -2.33. The molecule has 6 heteroatoms. The molecular formula is C23H26N4O2. The second kappa shape index (κ2) is 9.24. The van der Waals surface area contributed by atoms with Crippen molar-refractivity contribution >= 4 is 17.6 Å². The number of hydrogen-bond donors (Lipinski definition) is 1. The average Bonchev–Trinajstić information content (AvgIpc) is 2.74. The Morgan fingerprint density at radius 1 is 1.21 bits per heavy atom. The number of nitriles is 1. The molecule has 0 radical (unpaired) electrons. The Hall–Kier alpha value is -3.33. The summed E-state index contributed by atoms with van der Waals surface area (Å²) in [5.74, 6) is 0.0459. The van der Waals surface area contributed by atoms with E-state index >= 15 is 0 Å². The lowest BCUT2D eigenvalue weighted by Crippen LogP contribution is -2.42. The van der Waals surface area contributed by atoms with Gasteiger partial charge in [0, 0.05) is 37.4 Å². The van der Waals surface area contributed by atoms with Gasteiger partial charge in [-0.15, -0.1) is 0 Å². The molecule has 0 bridgehead atoms. The van der Waals surface area contributed by atoms with Crippen molar-refractivity contribution in [1.82, 2.24) is 9.80 Å². The smallest absolute Gasteiger partial charge is 0.321 e. The maximum Gasteiger partial charge on any atom is 0.321 e. The van der Waals surface area contributed by atoms with Crippen LogP contribution in [0, 0.1) is 11.3 Å². The highest BCUT2D eigenvalue weighted by Gasteiger charge is 2.24. The molecule has 2 aromatic rings. The van der Waals surface area contributed by atoms with E-state index in [1.54, 1.807) is 54.4 Å². The zero-order chi connectivity index (χ0) is 20.8. The fraction of sp³-hybridized carbons (Fsp3) is 0.348. The first-order chi connectivity index (χ1) is 14.0. The molecule has 29 heavy (non-hydrogen) atoms. The van der Waals surface area contributed by atoms with Gasteiger partial charge < -0.3 is 15.1 Å². The number of hydrogen-bond acceptors (Lipinski definition) is 3. The molecule has 1 aliphatic rings. The summed E-state index contributed by atoms with van der Waals surface area (Å²) in [6, 6.07) is 16.3. The van der Waals surface area contributed by atoms with E-state index in [1.807, 2.05) is 11.0 Å². The van der Waals surface area contributed by atoms with Crippen molar-refractivity contribution < 1.29 is 9.59 Å². The molecule has 1 N–H and O–H groups in total. The zero-order valence-corrected chi connectivity index (χ0v) is 16.9. The Morgan fingerprint density at radius 3 is 2.66 bits per heavy atom. The molecular weight excluding hydrogens is 364 g/mol. The van der Waals surface area contributed by atoms with Crippen LogP contribution < -0.4 is 5.32 Å². The topological polar surface area (TPSA) is 76.4 Å². The summed E-state index contributed by atoms with van der Waals surface area (Å²) in [6.07, 6.45) is 3.27. The Balaban J connectivity index is 1.59. The molecule has 1 heterocycles. The van der Waals surface area contributed by atoms with Gasteiger partial charge in [0.25, 0.3) is 5.91 Å². The summed E-state index contributed by atoms with van der Waals surface area (Å²) in [5.41, 5.74) is 2.73. The fourth-order valence-electron chi connectivity index (χ4n) is 3.57. The number of rotatable bonds is 4. The number of anilines is 1. The Labute approximate surface area is 171 Å². The largest absolute Gasteiger partial charge is 0.336 e. The van der Waals surface area contributed by atoms with Crippen LogP contribution in [-0.4, -0.2) is 41.4 Å². The third kappa shape index (κ3) is 5.14. The van der Waals surface area contributed by atoms with Crippen LogP contribution >= 0.6 is 0 Å². The van der Waals surface area contributed by atoms with E-state index in [0.717, 1.165) is 24.9 Å². The van der Waals surface area contributed by atoms with Gasteiger partial charge in [0.05, 0.1) is 11.6 Å². The van der Waals surface area contributed by atoms with E-state index in [-0.39, 0.29) is 18.0 Å². The SMILES string of the molecule is CC1CCCCN1C(=O)c1ccc(NC(=O)N(C)Cc2cccc(C#N)c2)cc1. The third-order valence-corrected chi connectivity index (χ3v) is 5.27. The third-order valence-electron chi connectivity index (χ3n) is 5.27. The van der Waals surface area contributed by atoms with Gasteiger partial charge in [-0.1, -0.05) is 12.1 Å². The first-order valence-corrected chi connectivity index (χ1v) is 9.90. The molecule has 6 nitrogen and oxygen atoms in total. The molecule has 0 aromatic heterocycles. The molecule has 0 saturated carbocycles. The highest BCUT2D eigenvalue weighted by atomic mass is 16.2. The first-order valence-electron chi connectivity index (χ1n) is 9.90. The molecule has 0 aliphatic carbocycles. The molecule has 3 rings (SSSR count). The number of amides is 3. The maximum atomic E-state index is 12.7. The highest BCUT2D eigenvalue weighted by molar-refractivity contribution is 5.95. The molecule has 1 aliphatic heterocycles. The van der Waals surface area contributed by atoms with Crippen LogP contribution in [0.4, 0.5) is 10.5 Å². The fourth-order valence-corrected chi connectivity index (χ4v) is 3.57. The molecule has 0 spiro atoms. The number of urea groups is 1. The molecule has 1 fully saturated rings. The summed E-state index contributed by atoms with van der Waals surface area (Å²) in [5, 5.41) is 11.8. The minimum Gasteiger partial charge on any atom is -0.336 e. The van der Waals surface area contributed by atoms with Gasteiger partial charge in [0.15, 0.2) is 0 Å². The van der Waals surface area contributed by atoms with Crippen LogP contribution in [0.5, 0.6) is 0 Å². The van der Waals surface area contributed by atoms with Crippen LogP contribution in [0.3, 0.4) is 0 Å². The van der Waals surface area contributed by atoms with Gasteiger partial charge in [-0.2, -0.15) is 5.26 Å². The van der Waals surface area contributed by atoms with E-state index in [9.17, 15) is 9.59 Å². The first kappa shape index (κ1) is 20.4. The van der Waals surface area contributed by atoms with E-state index in [0.29, 0.717) is 23.4 Å². The van der Waals surface area contributed by atoms with E-state index in [1.165, 1.54) is 6.42 Å². The molecule has 1 saturated heterocycles. The number of nitrogens with one attached hydrogen (secondary N) is 1. The lowest BCUT2D eigenvalue weighted by atomic mass is 10.0. The quantitative estimate of drug-likeness (QED) is 0.848. The average molecular weight is 390 g/mol. The van der Waals surface area contributed by atoms with E-state index in [2.05, 4.69) is 18.3 Å². The standard InChI is InChI=1S/C23H26N4O2/c1-17-6-3-4-13-27(17)22(28)20-9-11-21(12-10-20)25-23(29)26(2)16-19-8-5-7-18(14-19)15-24/h5,7-12,14,17H,3-4,6,13,16H2,1-2H3,(H,25,29). The molecule has 1 atom stereocenters. The van der Waals surface area contributed by atoms with Crippen molar-refractivity contribution in [3.63, 3.8) is 0 Å². The van der Waals surface area contributed by atoms with Gasteiger partial charge in [0.2, 0.25) is 0 Å². The zero-order valence-electron chi connectivity index (χ0n) is 16.9. The van der Waals surface area contributed by atoms with Crippen LogP contribution in [0.1, 0.15) is 47.7 Å². The summed E-state index contributed by atoms with van der Waals surface area (Å²) < 4.78 is 0. The monoisotopic (exact) mass is 390 g/mol. The molecule has 1 unspecified atom stereocenters. The second-order valence-corrected chi connectivity index (χ2v) is 7.52. The van der Waals surface area contributed by atoms with Gasteiger partial charge in [0.1, 0.15) is 0 Å². The van der Waals surface area contributed by atoms with Gasteiger partial charge in [-0.25, -0.2) is 4.79 Å². The van der Waals surface area contributed by atoms with Gasteiger partial charge >= 0.3 is 6.03 Å². The van der Waals surface area contributed by atoms with Crippen molar-refractivity contribution in [3.8, 4) is 6.07 Å². The van der Waals surface area contributed by atoms with Crippen molar-refractivity contribution in [1.29, 1.82) is 5.26 Å². The Kier molecular flexibility index (Phi) is 6.50. The maximum absolute atomic E-state index is 12.7. The minimum atomic E-state index is -0.254. The van der Waals surface area contributed by atoms with Crippen molar-refractivity contribution in [2.24, 2.45) is 0 Å². The number of likely N-dealkylation sites (tertiary alicyclic amines) is 1. The summed E-state index contributed by atoms with van der Waals surface area (Å²) in [4.78, 5) is 28.6. The molecule has 2 aromatic carbocycles. The molecule has 3 amide bonds. The van der Waals surface area contributed by atoms with E-state index in [4.69, 9.17) is 5.26 Å². The summed E-state index contributed by atoms with van der Waals surface area (Å²) in [6.45, 7) is 3.29. The Morgan fingerprint density at radius 2 is 1.97 bits per heavy atom. The van der Waals surface area contributed by atoms with Crippen molar-refractivity contribution in [3.05, 3.63) is 65.2 Å². The lowest BCUT2D eigenvalue weighted by molar-refractivity contribution is 0.0635. The summed E-state index contributed by atoms with van der Waals surface area (Å²) in [7, 11) is 1.70. The number of piperidine rings is 1. The molecule has 150 valence electrons. The Bertz CT molecular complexity index is 917. The van der Waals surface area contributed by atoms with E-state index < -0.39 is 0 Å². The van der Waals surface area contributed by atoms with Gasteiger partial charge in [-0.05, 0) is 68.1 Å². The minimum absolute atomic E-state index is 0.0459. The van der Waals surface area contributed by atoms with Crippen LogP contribution in [0.25, 0.3) is 0 Å².